The van der Waals surface area contributed by atoms with E-state index < -0.39 is 23.8 Å². The van der Waals surface area contributed by atoms with Gasteiger partial charge in [0.2, 0.25) is 0 Å². The number of alkyl halides is 3. The van der Waals surface area contributed by atoms with Crippen molar-refractivity contribution >= 4 is 29.2 Å². The van der Waals surface area contributed by atoms with Gasteiger partial charge >= 0.3 is 12.1 Å². The lowest BCUT2D eigenvalue weighted by Crippen LogP contribution is -2.19. The second-order valence-electron chi connectivity index (χ2n) is 5.56. The summed E-state index contributed by atoms with van der Waals surface area (Å²) < 4.78 is 53.7. The summed E-state index contributed by atoms with van der Waals surface area (Å²) in [6.07, 6.45) is -5.01. The average Bonchev–Trinajstić information content (AvgIpc) is 2.57. The number of ether oxygens (including phenoxy) is 3. The van der Waals surface area contributed by atoms with Crippen LogP contribution in [0.2, 0.25) is 10.0 Å². The van der Waals surface area contributed by atoms with Crippen LogP contribution in [-0.2, 0) is 15.7 Å². The van der Waals surface area contributed by atoms with Crippen molar-refractivity contribution in [3.8, 4) is 11.5 Å². The number of esters is 1. The minimum Gasteiger partial charge on any atom is -0.457 e. The molecule has 1 atom stereocenters. The van der Waals surface area contributed by atoms with Crippen LogP contribution >= 0.6 is 23.2 Å². The standard InChI is InChI=1S/C18H15Cl2F3O4/c1-10(9-25-2)26-17(24)13-8-12(4-5-14(13)19)27-16-6-3-11(7-15(16)20)18(21,22)23/h3-8,10H,9H2,1-2H3. The van der Waals surface area contributed by atoms with E-state index in [1.54, 1.807) is 6.92 Å². The maximum atomic E-state index is 12.7. The van der Waals surface area contributed by atoms with Crippen LogP contribution in [0.25, 0.3) is 0 Å². The van der Waals surface area contributed by atoms with E-state index >= 15 is 0 Å². The van der Waals surface area contributed by atoms with Crippen molar-refractivity contribution in [2.24, 2.45) is 0 Å². The molecule has 27 heavy (non-hydrogen) atoms. The second-order valence-corrected chi connectivity index (χ2v) is 6.37. The Labute approximate surface area is 163 Å². The van der Waals surface area contributed by atoms with Crippen molar-refractivity contribution in [3.05, 3.63) is 57.6 Å². The molecule has 4 nitrogen and oxygen atoms in total. The van der Waals surface area contributed by atoms with Gasteiger partial charge in [0.25, 0.3) is 0 Å². The highest BCUT2D eigenvalue weighted by Gasteiger charge is 2.31. The van der Waals surface area contributed by atoms with Crippen molar-refractivity contribution < 1.29 is 32.2 Å². The Morgan fingerprint density at radius 2 is 1.81 bits per heavy atom. The topological polar surface area (TPSA) is 44.8 Å². The number of carbonyl (C=O) groups excluding carboxylic acids is 1. The molecule has 2 rings (SSSR count). The molecule has 0 aliphatic rings. The van der Waals surface area contributed by atoms with E-state index in [2.05, 4.69) is 0 Å². The van der Waals surface area contributed by atoms with Gasteiger partial charge in [-0.3, -0.25) is 0 Å². The van der Waals surface area contributed by atoms with Crippen LogP contribution in [0.5, 0.6) is 11.5 Å². The fourth-order valence-electron chi connectivity index (χ4n) is 2.13. The van der Waals surface area contributed by atoms with Gasteiger partial charge in [0, 0.05) is 7.11 Å². The fourth-order valence-corrected chi connectivity index (χ4v) is 2.54. The molecule has 0 saturated carbocycles. The van der Waals surface area contributed by atoms with Gasteiger partial charge in [0.05, 0.1) is 27.8 Å². The van der Waals surface area contributed by atoms with Crippen LogP contribution in [0.1, 0.15) is 22.8 Å². The highest BCUT2D eigenvalue weighted by atomic mass is 35.5. The molecule has 0 radical (unpaired) electrons. The lowest BCUT2D eigenvalue weighted by Gasteiger charge is -2.14. The molecule has 0 bridgehead atoms. The van der Waals surface area contributed by atoms with Gasteiger partial charge < -0.3 is 14.2 Å². The molecule has 0 aliphatic carbocycles. The Balaban J connectivity index is 2.22. The van der Waals surface area contributed by atoms with E-state index in [9.17, 15) is 18.0 Å². The Morgan fingerprint density at radius 3 is 2.41 bits per heavy atom. The van der Waals surface area contributed by atoms with E-state index in [0.29, 0.717) is 0 Å². The zero-order chi connectivity index (χ0) is 20.2. The first-order valence-electron chi connectivity index (χ1n) is 7.66. The summed E-state index contributed by atoms with van der Waals surface area (Å²) >= 11 is 11.9. The Morgan fingerprint density at radius 1 is 1.11 bits per heavy atom. The van der Waals surface area contributed by atoms with Gasteiger partial charge in [-0.25, -0.2) is 4.79 Å². The van der Waals surface area contributed by atoms with Gasteiger partial charge in [-0.1, -0.05) is 23.2 Å². The first kappa shape index (κ1) is 21.3. The first-order chi connectivity index (χ1) is 12.6. The Hall–Kier alpha value is -1.96. The maximum absolute atomic E-state index is 12.7. The number of benzene rings is 2. The number of hydrogen-bond donors (Lipinski definition) is 0. The average molecular weight is 423 g/mol. The molecule has 146 valence electrons. The summed E-state index contributed by atoms with van der Waals surface area (Å²) in [7, 11) is 1.47. The van der Waals surface area contributed by atoms with E-state index in [1.165, 1.54) is 25.3 Å². The van der Waals surface area contributed by atoms with Crippen molar-refractivity contribution in [2.45, 2.75) is 19.2 Å². The number of halogens is 5. The van der Waals surface area contributed by atoms with Crippen LogP contribution in [0.3, 0.4) is 0 Å². The number of carbonyl (C=O) groups is 1. The van der Waals surface area contributed by atoms with E-state index in [4.69, 9.17) is 37.4 Å². The monoisotopic (exact) mass is 422 g/mol. The molecule has 0 spiro atoms. The molecule has 0 amide bonds. The van der Waals surface area contributed by atoms with Crippen LogP contribution < -0.4 is 4.74 Å². The van der Waals surface area contributed by atoms with Gasteiger partial charge in [-0.2, -0.15) is 13.2 Å². The SMILES string of the molecule is COCC(C)OC(=O)c1cc(Oc2ccc(C(F)(F)F)cc2Cl)ccc1Cl. The van der Waals surface area contributed by atoms with Crippen molar-refractivity contribution in [3.63, 3.8) is 0 Å². The quantitative estimate of drug-likeness (QED) is 0.535. The molecule has 0 saturated heterocycles. The number of rotatable bonds is 6. The molecule has 2 aromatic carbocycles. The lowest BCUT2D eigenvalue weighted by molar-refractivity contribution is -0.137. The Bertz CT molecular complexity index is 825. The Kier molecular flexibility index (Phi) is 6.97. The number of hydrogen-bond acceptors (Lipinski definition) is 4. The summed E-state index contributed by atoms with van der Waals surface area (Å²) in [5.41, 5.74) is -0.854. The predicted molar refractivity (Wildman–Crippen MR) is 94.7 cm³/mol. The summed E-state index contributed by atoms with van der Waals surface area (Å²) in [6.45, 7) is 1.86. The minimum absolute atomic E-state index is 0.000873. The highest BCUT2D eigenvalue weighted by molar-refractivity contribution is 6.33. The van der Waals surface area contributed by atoms with E-state index in [1.807, 2.05) is 0 Å². The van der Waals surface area contributed by atoms with Gasteiger partial charge in [-0.15, -0.1) is 0 Å². The number of methoxy groups -OCH3 is 1. The summed E-state index contributed by atoms with van der Waals surface area (Å²) in [5.74, 6) is -0.528. The molecule has 1 unspecified atom stereocenters. The first-order valence-corrected chi connectivity index (χ1v) is 8.41. The normalized spacial score (nSPS) is 12.6. The van der Waals surface area contributed by atoms with Gasteiger partial charge in [0.15, 0.2) is 0 Å². The molecule has 9 heteroatoms. The van der Waals surface area contributed by atoms with Gasteiger partial charge in [0.1, 0.15) is 17.6 Å². The summed E-state index contributed by atoms with van der Waals surface area (Å²) in [5, 5.41) is -0.0897. The molecule has 0 aliphatic heterocycles. The van der Waals surface area contributed by atoms with Crippen LogP contribution in [0.15, 0.2) is 36.4 Å². The van der Waals surface area contributed by atoms with E-state index in [0.717, 1.165) is 18.2 Å². The fraction of sp³-hybridized carbons (Fsp3) is 0.278. The zero-order valence-corrected chi connectivity index (χ0v) is 15.8. The smallest absolute Gasteiger partial charge is 0.416 e. The highest BCUT2D eigenvalue weighted by Crippen LogP contribution is 2.37. The van der Waals surface area contributed by atoms with Crippen molar-refractivity contribution in [1.29, 1.82) is 0 Å². The van der Waals surface area contributed by atoms with Crippen molar-refractivity contribution in [1.82, 2.24) is 0 Å². The van der Waals surface area contributed by atoms with Crippen molar-refractivity contribution in [2.75, 3.05) is 13.7 Å². The lowest BCUT2D eigenvalue weighted by atomic mass is 10.2. The zero-order valence-electron chi connectivity index (χ0n) is 14.3. The summed E-state index contributed by atoms with van der Waals surface area (Å²) in [6, 6.07) is 6.88. The molecule has 0 aromatic heterocycles. The molecular weight excluding hydrogens is 408 g/mol. The molecule has 2 aromatic rings. The maximum Gasteiger partial charge on any atom is 0.416 e. The predicted octanol–water partition coefficient (Wildman–Crippen LogP) is 6.00. The molecule has 0 heterocycles. The molecule has 0 fully saturated rings. The third-order valence-corrected chi connectivity index (χ3v) is 3.98. The third-order valence-electron chi connectivity index (χ3n) is 3.35. The van der Waals surface area contributed by atoms with E-state index in [-0.39, 0.29) is 33.7 Å². The summed E-state index contributed by atoms with van der Waals surface area (Å²) in [4.78, 5) is 12.2. The molecule has 0 N–H and O–H groups in total. The van der Waals surface area contributed by atoms with Crippen LogP contribution in [0.4, 0.5) is 13.2 Å². The van der Waals surface area contributed by atoms with Crippen LogP contribution in [0, 0.1) is 0 Å². The largest absolute Gasteiger partial charge is 0.457 e. The molecular formula is C18H15Cl2F3O4. The van der Waals surface area contributed by atoms with Gasteiger partial charge in [-0.05, 0) is 43.3 Å². The second kappa shape index (κ2) is 8.82. The van der Waals surface area contributed by atoms with Crippen LogP contribution in [-0.4, -0.2) is 25.8 Å². The minimum atomic E-state index is -4.52. The third kappa shape index (κ3) is 5.76.